The quantitative estimate of drug-likeness (QED) is 0.283. The summed E-state index contributed by atoms with van der Waals surface area (Å²) < 4.78 is 1.25. The zero-order valence-electron chi connectivity index (χ0n) is 17.9. The lowest BCUT2D eigenvalue weighted by atomic mass is 9.95. The van der Waals surface area contributed by atoms with E-state index in [1.54, 1.807) is 29.2 Å². The number of carbonyl (C=O) groups is 2. The molecule has 1 aromatic carbocycles. The number of aliphatic hydroxyl groups excluding tert-OH is 2. The van der Waals surface area contributed by atoms with Gasteiger partial charge >= 0.3 is 5.97 Å². The van der Waals surface area contributed by atoms with Crippen molar-refractivity contribution in [1.29, 1.82) is 0 Å². The third kappa shape index (κ3) is 7.35. The Hall–Kier alpha value is -1.32. The Morgan fingerprint density at radius 1 is 1.28 bits per heavy atom. The van der Waals surface area contributed by atoms with Crippen LogP contribution in [-0.2, 0) is 16.0 Å². The molecule has 2 aromatic rings. The summed E-state index contributed by atoms with van der Waals surface area (Å²) >= 11 is 4.73. The summed E-state index contributed by atoms with van der Waals surface area (Å²) in [6.45, 7) is -0.0375. The van der Waals surface area contributed by atoms with Crippen LogP contribution in [0.1, 0.15) is 24.1 Å². The Kier molecular flexibility index (Phi) is 10.1. The number of ketones is 1. The number of thioether (sulfide) groups is 2. The Morgan fingerprint density at radius 2 is 2.09 bits per heavy atom. The summed E-state index contributed by atoms with van der Waals surface area (Å²) in [7, 11) is 0. The maximum Gasteiger partial charge on any atom is 0.313 e. The summed E-state index contributed by atoms with van der Waals surface area (Å²) in [5.74, 6) is 0.790. The van der Waals surface area contributed by atoms with Crippen LogP contribution in [0.5, 0.6) is 0 Å². The second-order valence-corrected chi connectivity index (χ2v) is 11.5. The minimum absolute atomic E-state index is 0.0375. The fourth-order valence-electron chi connectivity index (χ4n) is 3.95. The van der Waals surface area contributed by atoms with E-state index < -0.39 is 12.1 Å². The Balaban J connectivity index is 1.49. The van der Waals surface area contributed by atoms with Crippen LogP contribution in [0.2, 0.25) is 0 Å². The van der Waals surface area contributed by atoms with Gasteiger partial charge in [0.15, 0.2) is 0 Å². The molecule has 3 rings (SSSR count). The van der Waals surface area contributed by atoms with Gasteiger partial charge in [-0.05, 0) is 54.2 Å². The molecule has 32 heavy (non-hydrogen) atoms. The van der Waals surface area contributed by atoms with Gasteiger partial charge in [0.1, 0.15) is 5.78 Å². The Morgan fingerprint density at radius 3 is 2.84 bits per heavy atom. The molecule has 0 radical (unpaired) electrons. The summed E-state index contributed by atoms with van der Waals surface area (Å²) in [5.41, 5.74) is 0. The van der Waals surface area contributed by atoms with Crippen LogP contribution in [0, 0.1) is 11.8 Å². The molecule has 0 aliphatic heterocycles. The van der Waals surface area contributed by atoms with E-state index in [9.17, 15) is 19.8 Å². The maximum absolute atomic E-state index is 12.5. The minimum Gasteiger partial charge on any atom is -0.481 e. The number of Topliss-reactive ketones (excluding diaryl/α,β-unsaturated/α-hetero) is 1. The number of carbonyl (C=O) groups excluding carboxylic acids is 1. The molecule has 1 aromatic heterocycles. The Bertz CT molecular complexity index is 892. The van der Waals surface area contributed by atoms with Crippen molar-refractivity contribution < 1.29 is 24.9 Å². The molecule has 5 nitrogen and oxygen atoms in total. The molecule has 8 heteroatoms. The van der Waals surface area contributed by atoms with Gasteiger partial charge in [0, 0.05) is 28.5 Å². The van der Waals surface area contributed by atoms with Crippen LogP contribution in [0.25, 0.3) is 10.1 Å². The number of benzene rings is 1. The first-order valence-corrected chi connectivity index (χ1v) is 13.9. The van der Waals surface area contributed by atoms with Gasteiger partial charge in [0.05, 0.1) is 17.1 Å². The van der Waals surface area contributed by atoms with Crippen LogP contribution in [0.4, 0.5) is 0 Å². The molecule has 1 unspecified atom stereocenters. The van der Waals surface area contributed by atoms with Gasteiger partial charge in [-0.1, -0.05) is 30.4 Å². The van der Waals surface area contributed by atoms with Crippen molar-refractivity contribution in [2.24, 2.45) is 11.8 Å². The number of carboxylic acids is 1. The summed E-state index contributed by atoms with van der Waals surface area (Å²) in [6, 6.07) is 10.4. The fraction of sp³-hybridized carbons (Fsp3) is 0.500. The van der Waals surface area contributed by atoms with Crippen molar-refractivity contribution in [2.45, 2.75) is 37.0 Å². The first-order valence-electron chi connectivity index (χ1n) is 10.9. The number of aliphatic hydroxyl groups is 2. The molecule has 0 bridgehead atoms. The maximum atomic E-state index is 12.5. The lowest BCUT2D eigenvalue weighted by Gasteiger charge is -2.19. The molecule has 174 valence electrons. The highest BCUT2D eigenvalue weighted by Gasteiger charge is 2.40. The normalized spacial score (nSPS) is 22.2. The number of hydrogen-bond acceptors (Lipinski definition) is 7. The third-order valence-corrected chi connectivity index (χ3v) is 9.25. The molecule has 0 amide bonds. The van der Waals surface area contributed by atoms with Crippen molar-refractivity contribution in [3.63, 3.8) is 0 Å². The van der Waals surface area contributed by atoms with Crippen molar-refractivity contribution in [3.8, 4) is 0 Å². The topological polar surface area (TPSA) is 94.8 Å². The SMILES string of the molecule is O=C(O)CSCCCS[C@H]1C(=O)C[C@@H](CO)[C@@H]1/C=C/C(O)CCc1cc2ccccc2s1. The van der Waals surface area contributed by atoms with E-state index in [-0.39, 0.29) is 35.2 Å². The predicted molar refractivity (Wildman–Crippen MR) is 135 cm³/mol. The van der Waals surface area contributed by atoms with Crippen molar-refractivity contribution in [1.82, 2.24) is 0 Å². The van der Waals surface area contributed by atoms with E-state index in [4.69, 9.17) is 5.11 Å². The molecular weight excluding hydrogens is 464 g/mol. The number of thiophene rings is 1. The number of rotatable bonds is 13. The van der Waals surface area contributed by atoms with E-state index >= 15 is 0 Å². The van der Waals surface area contributed by atoms with Gasteiger partial charge in [0.25, 0.3) is 0 Å². The predicted octanol–water partition coefficient (Wildman–Crippen LogP) is 4.26. The minimum atomic E-state index is -0.810. The molecule has 1 heterocycles. The highest BCUT2D eigenvalue weighted by Crippen LogP contribution is 2.38. The molecule has 3 N–H and O–H groups in total. The van der Waals surface area contributed by atoms with E-state index in [0.717, 1.165) is 24.3 Å². The largest absolute Gasteiger partial charge is 0.481 e. The smallest absolute Gasteiger partial charge is 0.313 e. The molecule has 1 aliphatic rings. The number of carboxylic acid groups (broad SMARTS) is 1. The zero-order chi connectivity index (χ0) is 22.9. The van der Waals surface area contributed by atoms with Crippen LogP contribution in [0.3, 0.4) is 0 Å². The molecule has 0 spiro atoms. The van der Waals surface area contributed by atoms with Gasteiger partial charge < -0.3 is 15.3 Å². The van der Waals surface area contributed by atoms with Crippen LogP contribution in [-0.4, -0.2) is 62.3 Å². The van der Waals surface area contributed by atoms with Gasteiger partial charge in [-0.2, -0.15) is 11.8 Å². The highest BCUT2D eigenvalue weighted by molar-refractivity contribution is 8.01. The first-order chi connectivity index (χ1) is 15.5. The van der Waals surface area contributed by atoms with Crippen molar-refractivity contribution in [3.05, 3.63) is 47.4 Å². The van der Waals surface area contributed by atoms with Gasteiger partial charge in [-0.25, -0.2) is 0 Å². The summed E-state index contributed by atoms with van der Waals surface area (Å²) in [4.78, 5) is 24.3. The van der Waals surface area contributed by atoms with Crippen LogP contribution < -0.4 is 0 Å². The van der Waals surface area contributed by atoms with Crippen molar-refractivity contribution in [2.75, 3.05) is 23.9 Å². The fourth-order valence-corrected chi connectivity index (χ4v) is 7.27. The van der Waals surface area contributed by atoms with E-state index in [1.165, 1.54) is 26.7 Å². The second-order valence-electron chi connectivity index (χ2n) is 8.02. The molecule has 1 aliphatic carbocycles. The van der Waals surface area contributed by atoms with Gasteiger partial charge in [-0.3, -0.25) is 9.59 Å². The van der Waals surface area contributed by atoms with Crippen LogP contribution >= 0.6 is 34.9 Å². The second kappa shape index (κ2) is 12.8. The molecule has 1 fully saturated rings. The van der Waals surface area contributed by atoms with Gasteiger partial charge in [-0.15, -0.1) is 23.1 Å². The number of allylic oxidation sites excluding steroid dienone is 1. The number of aliphatic carboxylic acids is 1. The third-order valence-electron chi connectivity index (χ3n) is 5.58. The van der Waals surface area contributed by atoms with Crippen molar-refractivity contribution >= 4 is 56.7 Å². The zero-order valence-corrected chi connectivity index (χ0v) is 20.3. The van der Waals surface area contributed by atoms with Gasteiger partial charge in [0.2, 0.25) is 0 Å². The summed E-state index contributed by atoms with van der Waals surface area (Å²) in [6.07, 6.45) is 5.75. The average Bonchev–Trinajstić information content (AvgIpc) is 3.33. The Labute approximate surface area is 201 Å². The molecular formula is C24H30O5S3. The standard InChI is InChI=1S/C24H30O5S3/c25-14-17-13-21(27)24(31-11-3-10-30-15-23(28)29)20(17)9-7-18(26)6-8-19-12-16-4-1-2-5-22(16)32-19/h1-2,4-5,7,9,12,17-18,20,24-26H,3,6,8,10-11,13-15H2,(H,28,29)/b9-7+/t17-,18?,20-,24+/m0/s1. The molecule has 1 saturated carbocycles. The lowest BCUT2D eigenvalue weighted by Crippen LogP contribution is -2.21. The molecule has 4 atom stereocenters. The average molecular weight is 495 g/mol. The van der Waals surface area contributed by atoms with E-state index in [1.807, 2.05) is 18.2 Å². The first kappa shape index (κ1) is 25.3. The number of fused-ring (bicyclic) bond motifs is 1. The number of aryl methyl sites for hydroxylation is 1. The lowest BCUT2D eigenvalue weighted by molar-refractivity contribution is -0.133. The van der Waals surface area contributed by atoms with E-state index in [2.05, 4.69) is 18.2 Å². The molecule has 0 saturated heterocycles. The highest BCUT2D eigenvalue weighted by atomic mass is 32.2. The van der Waals surface area contributed by atoms with Crippen LogP contribution in [0.15, 0.2) is 42.5 Å². The summed E-state index contributed by atoms with van der Waals surface area (Å²) in [5, 5.41) is 29.9. The van der Waals surface area contributed by atoms with E-state index in [0.29, 0.717) is 12.8 Å². The monoisotopic (exact) mass is 494 g/mol. The number of hydrogen-bond donors (Lipinski definition) is 3.